The van der Waals surface area contributed by atoms with E-state index in [2.05, 4.69) is 5.32 Å². The number of anilines is 1. The van der Waals surface area contributed by atoms with Crippen LogP contribution >= 0.6 is 11.8 Å². The Morgan fingerprint density at radius 2 is 1.76 bits per heavy atom. The molecule has 2 N–H and O–H groups in total. The van der Waals surface area contributed by atoms with Gasteiger partial charge in [0, 0.05) is 17.0 Å². The fraction of sp³-hybridized carbons (Fsp3) is 0.250. The van der Waals surface area contributed by atoms with E-state index in [9.17, 15) is 31.2 Å². The minimum Gasteiger partial charge on any atom is -0.343 e. The Hall–Kier alpha value is -3.08. The van der Waals surface area contributed by atoms with Crippen LogP contribution in [0.4, 0.5) is 18.9 Å². The largest absolute Gasteiger partial charge is 0.405 e. The molecule has 0 bridgehead atoms. The highest BCUT2D eigenvalue weighted by molar-refractivity contribution is 8.00. The molecule has 2 aromatic rings. The summed E-state index contributed by atoms with van der Waals surface area (Å²) in [7, 11) is -4.12. The Morgan fingerprint density at radius 3 is 2.33 bits per heavy atom. The van der Waals surface area contributed by atoms with Crippen LogP contribution in [-0.2, 0) is 14.8 Å². The molecule has 2 amide bonds. The summed E-state index contributed by atoms with van der Waals surface area (Å²) >= 11 is 1.25. The number of nitrogens with zero attached hydrogens (tertiary/aromatic N) is 2. The van der Waals surface area contributed by atoms with Gasteiger partial charge in [0.25, 0.3) is 5.91 Å². The normalized spacial score (nSPS) is 16.7. The average molecular weight is 499 g/mol. The van der Waals surface area contributed by atoms with Gasteiger partial charge in [0.15, 0.2) is 0 Å². The standard InChI is InChI=1S/C20H17F3N4O4S2/c21-20(22,23)11-25-18(28)14-3-7-16(8-4-14)33(30,31)27-12-32-10-17(27)19(29)26-15-5-1-13(9-24)2-6-15/h1-8,17H,10-12H2,(H,25,28)(H,26,29)/t17-/m0/s1. The van der Waals surface area contributed by atoms with Crippen molar-refractivity contribution in [1.82, 2.24) is 9.62 Å². The van der Waals surface area contributed by atoms with Crippen LogP contribution in [0.5, 0.6) is 0 Å². The van der Waals surface area contributed by atoms with Gasteiger partial charge >= 0.3 is 6.18 Å². The van der Waals surface area contributed by atoms with Crippen molar-refractivity contribution >= 4 is 39.3 Å². The van der Waals surface area contributed by atoms with E-state index in [1.165, 1.54) is 36.0 Å². The summed E-state index contributed by atoms with van der Waals surface area (Å²) in [4.78, 5) is 24.3. The highest BCUT2D eigenvalue weighted by Gasteiger charge is 2.40. The van der Waals surface area contributed by atoms with E-state index in [1.807, 2.05) is 6.07 Å². The molecule has 1 atom stereocenters. The second-order valence-corrected chi connectivity index (χ2v) is 9.80. The van der Waals surface area contributed by atoms with Crippen LogP contribution in [0, 0.1) is 11.3 Å². The lowest BCUT2D eigenvalue weighted by molar-refractivity contribution is -0.123. The van der Waals surface area contributed by atoms with Crippen molar-refractivity contribution in [2.24, 2.45) is 0 Å². The summed E-state index contributed by atoms with van der Waals surface area (Å²) in [5, 5.41) is 13.2. The SMILES string of the molecule is N#Cc1ccc(NC(=O)[C@@H]2CSCN2S(=O)(=O)c2ccc(C(=O)NCC(F)(F)F)cc2)cc1. The molecule has 174 valence electrons. The molecule has 33 heavy (non-hydrogen) atoms. The number of benzene rings is 2. The van der Waals surface area contributed by atoms with Crippen molar-refractivity contribution in [3.63, 3.8) is 0 Å². The van der Waals surface area contributed by atoms with E-state index in [0.29, 0.717) is 11.3 Å². The van der Waals surface area contributed by atoms with Gasteiger partial charge in [-0.2, -0.15) is 22.7 Å². The van der Waals surface area contributed by atoms with Crippen molar-refractivity contribution < 1.29 is 31.2 Å². The first kappa shape index (κ1) is 24.6. The van der Waals surface area contributed by atoms with Gasteiger partial charge in [-0.1, -0.05) is 0 Å². The Kier molecular flexibility index (Phi) is 7.31. The third-order valence-corrected chi connectivity index (χ3v) is 7.64. The third-order valence-electron chi connectivity index (χ3n) is 4.60. The van der Waals surface area contributed by atoms with Gasteiger partial charge in [0.1, 0.15) is 12.6 Å². The number of hydrogen-bond acceptors (Lipinski definition) is 6. The summed E-state index contributed by atoms with van der Waals surface area (Å²) in [6.45, 7) is -1.51. The summed E-state index contributed by atoms with van der Waals surface area (Å²) in [6, 6.07) is 11.5. The molecule has 0 aliphatic carbocycles. The van der Waals surface area contributed by atoms with Crippen molar-refractivity contribution in [1.29, 1.82) is 5.26 Å². The number of nitriles is 1. The second-order valence-electron chi connectivity index (χ2n) is 6.91. The maximum Gasteiger partial charge on any atom is 0.405 e. The van der Waals surface area contributed by atoms with Crippen LogP contribution in [0.3, 0.4) is 0 Å². The van der Waals surface area contributed by atoms with Gasteiger partial charge in [0.05, 0.1) is 22.4 Å². The molecule has 0 spiro atoms. The summed E-state index contributed by atoms with van der Waals surface area (Å²) in [5.41, 5.74) is 0.677. The third kappa shape index (κ3) is 6.04. The first-order valence-electron chi connectivity index (χ1n) is 9.37. The van der Waals surface area contributed by atoms with Crippen LogP contribution < -0.4 is 10.6 Å². The van der Waals surface area contributed by atoms with Crippen LogP contribution in [0.15, 0.2) is 53.4 Å². The lowest BCUT2D eigenvalue weighted by Crippen LogP contribution is -2.44. The van der Waals surface area contributed by atoms with Crippen molar-refractivity contribution in [2.75, 3.05) is 23.5 Å². The van der Waals surface area contributed by atoms with Gasteiger partial charge in [-0.05, 0) is 48.5 Å². The fourth-order valence-electron chi connectivity index (χ4n) is 2.92. The topological polar surface area (TPSA) is 119 Å². The Bertz CT molecular complexity index is 1180. The van der Waals surface area contributed by atoms with E-state index >= 15 is 0 Å². The predicted octanol–water partition coefficient (Wildman–Crippen LogP) is 2.55. The van der Waals surface area contributed by atoms with Crippen molar-refractivity contribution in [2.45, 2.75) is 17.1 Å². The highest BCUT2D eigenvalue weighted by atomic mass is 32.2. The van der Waals surface area contributed by atoms with E-state index < -0.39 is 40.6 Å². The number of nitrogens with one attached hydrogen (secondary N) is 2. The number of amides is 2. The zero-order chi connectivity index (χ0) is 24.2. The monoisotopic (exact) mass is 498 g/mol. The lowest BCUT2D eigenvalue weighted by atomic mass is 10.2. The Morgan fingerprint density at radius 1 is 1.12 bits per heavy atom. The van der Waals surface area contributed by atoms with E-state index in [1.54, 1.807) is 5.32 Å². The number of hydrogen-bond donors (Lipinski definition) is 2. The minimum atomic E-state index is -4.57. The first-order chi connectivity index (χ1) is 15.5. The first-order valence-corrected chi connectivity index (χ1v) is 12.0. The molecule has 13 heteroatoms. The predicted molar refractivity (Wildman–Crippen MR) is 115 cm³/mol. The molecule has 3 rings (SSSR count). The number of thioether (sulfide) groups is 1. The molecule has 1 aliphatic rings. The van der Waals surface area contributed by atoms with Gasteiger partial charge in [-0.25, -0.2) is 8.42 Å². The minimum absolute atomic E-state index is 0.0294. The molecule has 0 unspecified atom stereocenters. The fourth-order valence-corrected chi connectivity index (χ4v) is 6.07. The quantitative estimate of drug-likeness (QED) is 0.632. The Balaban J connectivity index is 1.72. The van der Waals surface area contributed by atoms with Crippen molar-refractivity contribution in [3.05, 3.63) is 59.7 Å². The summed E-state index contributed by atoms with van der Waals surface area (Å²) in [6.07, 6.45) is -4.57. The van der Waals surface area contributed by atoms with Crippen molar-refractivity contribution in [3.8, 4) is 6.07 Å². The van der Waals surface area contributed by atoms with Gasteiger partial charge < -0.3 is 10.6 Å². The number of rotatable bonds is 6. The average Bonchev–Trinajstić information content (AvgIpc) is 3.29. The highest BCUT2D eigenvalue weighted by Crippen LogP contribution is 2.29. The molecule has 0 aromatic heterocycles. The Labute approximate surface area is 191 Å². The zero-order valence-corrected chi connectivity index (χ0v) is 18.4. The van der Waals surface area contributed by atoms with Gasteiger partial charge in [-0.3, -0.25) is 9.59 Å². The maximum atomic E-state index is 13.1. The summed E-state index contributed by atoms with van der Waals surface area (Å²) < 4.78 is 63.9. The van der Waals surface area contributed by atoms with Crippen LogP contribution in [-0.4, -0.2) is 54.9 Å². The second kappa shape index (κ2) is 9.82. The molecule has 0 saturated carbocycles. The zero-order valence-electron chi connectivity index (χ0n) is 16.8. The molecule has 1 fully saturated rings. The van der Waals surface area contributed by atoms with E-state index in [-0.39, 0.29) is 22.1 Å². The number of halogens is 3. The van der Waals surface area contributed by atoms with E-state index in [0.717, 1.165) is 28.6 Å². The molecule has 1 saturated heterocycles. The van der Waals surface area contributed by atoms with Gasteiger partial charge in [0.2, 0.25) is 15.9 Å². The molecular weight excluding hydrogens is 481 g/mol. The number of sulfonamides is 1. The molecule has 1 aliphatic heterocycles. The maximum absolute atomic E-state index is 13.1. The molecular formula is C20H17F3N4O4S2. The molecule has 0 radical (unpaired) electrons. The number of carbonyl (C=O) groups excluding carboxylic acids is 2. The lowest BCUT2D eigenvalue weighted by Gasteiger charge is -2.22. The van der Waals surface area contributed by atoms with Gasteiger partial charge in [-0.15, -0.1) is 11.8 Å². The van der Waals surface area contributed by atoms with E-state index in [4.69, 9.17) is 5.26 Å². The van der Waals surface area contributed by atoms with Crippen LogP contribution in [0.2, 0.25) is 0 Å². The molecule has 8 nitrogen and oxygen atoms in total. The smallest absolute Gasteiger partial charge is 0.343 e. The molecule has 2 aromatic carbocycles. The van der Waals surface area contributed by atoms with Crippen LogP contribution in [0.1, 0.15) is 15.9 Å². The van der Waals surface area contributed by atoms with Crippen LogP contribution in [0.25, 0.3) is 0 Å². The summed E-state index contributed by atoms with van der Waals surface area (Å²) in [5.74, 6) is -1.29. The number of carbonyl (C=O) groups is 2. The molecule has 1 heterocycles. The number of alkyl halides is 3.